The van der Waals surface area contributed by atoms with Crippen LogP contribution in [0.5, 0.6) is 0 Å². The van der Waals surface area contributed by atoms with Crippen LogP contribution in [-0.4, -0.2) is 85.6 Å². The number of aliphatic hydroxyl groups excluding tert-OH is 1. The molecular weight excluding hydrogens is 817 g/mol. The summed E-state index contributed by atoms with van der Waals surface area (Å²) >= 11 is 0. The first-order chi connectivity index (χ1) is 31.4. The first kappa shape index (κ1) is 45.8. The molecule has 10 atom stereocenters. The Kier molecular flexibility index (Phi) is 13.2. The monoisotopic (exact) mass is 889 g/mol. The molecular formula is C53H72N6O6. The van der Waals surface area contributed by atoms with Crippen molar-refractivity contribution in [2.75, 3.05) is 33.4 Å². The summed E-state index contributed by atoms with van der Waals surface area (Å²) in [5.74, 6) is 0.917. The van der Waals surface area contributed by atoms with Gasteiger partial charge in [0, 0.05) is 42.3 Å². The second kappa shape index (κ2) is 18.7. The number of esters is 1. The Balaban J connectivity index is 1.07. The molecule has 8 aliphatic rings. The van der Waals surface area contributed by atoms with Crippen LogP contribution in [-0.2, 0) is 20.7 Å². The van der Waals surface area contributed by atoms with E-state index in [1.165, 1.54) is 11.1 Å². The zero-order chi connectivity index (χ0) is 45.5. The number of fused-ring (bicyclic) bond motifs is 1. The molecule has 1 saturated heterocycles. The molecule has 12 heteroatoms. The van der Waals surface area contributed by atoms with Crippen molar-refractivity contribution in [2.45, 2.75) is 140 Å². The van der Waals surface area contributed by atoms with Crippen LogP contribution in [0.1, 0.15) is 131 Å². The highest BCUT2D eigenvalue weighted by atomic mass is 16.7. The maximum atomic E-state index is 15.5. The lowest BCUT2D eigenvalue weighted by molar-refractivity contribution is -0.150. The van der Waals surface area contributed by atoms with E-state index in [-0.39, 0.29) is 60.5 Å². The highest BCUT2D eigenvalue weighted by molar-refractivity contribution is 6.33. The number of allylic oxidation sites excluding steroid dienone is 7. The summed E-state index contributed by atoms with van der Waals surface area (Å²) in [7, 11) is 1.96. The van der Waals surface area contributed by atoms with Gasteiger partial charge in [-0.15, -0.1) is 0 Å². The predicted octanol–water partition coefficient (Wildman–Crippen LogP) is 6.30. The minimum atomic E-state index is -2.15. The molecule has 0 aromatic heterocycles. The maximum absolute atomic E-state index is 15.5. The number of carbonyl (C=O) groups excluding carboxylic acids is 3. The van der Waals surface area contributed by atoms with Gasteiger partial charge in [0.15, 0.2) is 11.4 Å². The van der Waals surface area contributed by atoms with Crippen molar-refractivity contribution < 1.29 is 29.0 Å². The first-order valence-corrected chi connectivity index (χ1v) is 24.7. The van der Waals surface area contributed by atoms with Gasteiger partial charge in [0.05, 0.1) is 25.5 Å². The Bertz CT molecular complexity index is 2240. The van der Waals surface area contributed by atoms with Crippen molar-refractivity contribution in [2.24, 2.45) is 34.8 Å². The van der Waals surface area contributed by atoms with E-state index < -0.39 is 28.7 Å². The van der Waals surface area contributed by atoms with Crippen LogP contribution in [0.4, 0.5) is 0 Å². The van der Waals surface area contributed by atoms with Crippen molar-refractivity contribution >= 4 is 17.5 Å². The Labute approximate surface area is 385 Å². The van der Waals surface area contributed by atoms with E-state index in [2.05, 4.69) is 64.7 Å². The van der Waals surface area contributed by atoms with Gasteiger partial charge in [-0.1, -0.05) is 74.8 Å². The smallest absolute Gasteiger partial charge is 0.350 e. The standard InChI is InChI=1S/C53H72N6O6/c1-5-56-43-25-36-12-8-11-34-10-6-7-22-51(3,26-33-16-19-44(54)58-29-33)27-37-13-9-14-41-46(37)48(62)53(50(63)64-31-38(43)24-42(34)36)52(65-53,47(41)61)28-39(30-60)32(2)15-17-35-21-23-57-49-40(35)18-20-45(55-4)59-49/h8-9,12-14,16,19,21,29,34,36,38,42-45,55-60H,5-7,10-11,15,17-18,20,22-28,30-31,54H2,1-4H3. The van der Waals surface area contributed by atoms with Gasteiger partial charge in [-0.2, -0.15) is 0 Å². The number of epoxide rings is 1. The summed E-state index contributed by atoms with van der Waals surface area (Å²) in [6.45, 7) is 7.71. The number of aliphatic hydroxyl groups is 1. The van der Waals surface area contributed by atoms with E-state index in [9.17, 15) is 5.11 Å². The number of nitrogens with two attached hydrogens (primary N) is 1. The third-order valence-electron chi connectivity index (χ3n) is 16.5. The lowest BCUT2D eigenvalue weighted by atomic mass is 9.63. The number of carbonyl (C=O) groups is 3. The molecule has 12 nitrogen and oxygen atoms in total. The number of dihydropyridines is 2. The number of Topliss-reactive ketones (excluding diaryl/α,β-unsaturated/α-hetero) is 2. The molecule has 8 N–H and O–H groups in total. The van der Waals surface area contributed by atoms with Crippen molar-refractivity contribution in [3.63, 3.8) is 0 Å². The third-order valence-corrected chi connectivity index (χ3v) is 16.5. The van der Waals surface area contributed by atoms with Crippen LogP contribution in [0, 0.1) is 29.1 Å². The molecule has 9 rings (SSSR count). The van der Waals surface area contributed by atoms with Gasteiger partial charge in [0.25, 0.3) is 5.60 Å². The van der Waals surface area contributed by atoms with Gasteiger partial charge < -0.3 is 46.9 Å². The molecule has 65 heavy (non-hydrogen) atoms. The highest BCUT2D eigenvalue weighted by Gasteiger charge is 2.86. The predicted molar refractivity (Wildman–Crippen MR) is 252 cm³/mol. The molecule has 1 spiro atoms. The number of rotatable bonds is 11. The molecule has 3 aliphatic carbocycles. The van der Waals surface area contributed by atoms with E-state index >= 15 is 14.4 Å². The number of hydrogen-bond acceptors (Lipinski definition) is 12. The molecule has 5 aliphatic heterocycles. The van der Waals surface area contributed by atoms with Crippen LogP contribution in [0.25, 0.3) is 0 Å². The minimum Gasteiger partial charge on any atom is -0.463 e. The molecule has 1 aromatic carbocycles. The summed E-state index contributed by atoms with van der Waals surface area (Å²) in [6, 6.07) is 5.67. The van der Waals surface area contributed by atoms with Gasteiger partial charge in [0.2, 0.25) is 5.78 Å². The fourth-order valence-electron chi connectivity index (χ4n) is 12.9. The normalized spacial score (nSPS) is 35.8. The Morgan fingerprint density at radius 1 is 1.08 bits per heavy atom. The Morgan fingerprint density at radius 2 is 1.94 bits per heavy atom. The summed E-state index contributed by atoms with van der Waals surface area (Å²) < 4.78 is 12.9. The van der Waals surface area contributed by atoms with Gasteiger partial charge >= 0.3 is 5.97 Å². The van der Waals surface area contributed by atoms with Gasteiger partial charge in [-0.3, -0.25) is 9.59 Å². The lowest BCUT2D eigenvalue weighted by Gasteiger charge is -2.45. The van der Waals surface area contributed by atoms with Crippen LogP contribution in [0.2, 0.25) is 0 Å². The second-order valence-electron chi connectivity index (χ2n) is 20.7. The van der Waals surface area contributed by atoms with E-state index in [0.717, 1.165) is 106 Å². The summed E-state index contributed by atoms with van der Waals surface area (Å²) in [5, 5.41) is 28.4. The SMILES string of the molecule is CCNC1CC2C=CCC3CCCCC(C)(CC4=CNC(N)C=C4)Cc4cccc5c4C(=O)C4(OC4(CC(CO)=C(C)CCC4=CCNC6=C4CCC(NC)N6)C5=O)C(=O)OCC1CC23. The van der Waals surface area contributed by atoms with Crippen LogP contribution in [0.15, 0.2) is 88.5 Å². The van der Waals surface area contributed by atoms with Crippen molar-refractivity contribution in [1.29, 1.82) is 0 Å². The summed E-state index contributed by atoms with van der Waals surface area (Å²) in [6.07, 6.45) is 24.8. The quantitative estimate of drug-likeness (QED) is 0.0572. The average molecular weight is 889 g/mol. The van der Waals surface area contributed by atoms with Crippen molar-refractivity contribution in [1.82, 2.24) is 26.6 Å². The molecule has 5 heterocycles. The number of ketones is 2. The zero-order valence-corrected chi connectivity index (χ0v) is 39.0. The van der Waals surface area contributed by atoms with E-state index in [1.807, 2.05) is 38.4 Å². The molecule has 0 amide bonds. The van der Waals surface area contributed by atoms with Gasteiger partial charge in [0.1, 0.15) is 5.82 Å². The Morgan fingerprint density at radius 3 is 2.72 bits per heavy atom. The molecule has 350 valence electrons. The number of nitrogens with one attached hydrogen (secondary N) is 5. The fourth-order valence-corrected chi connectivity index (χ4v) is 12.9. The molecule has 2 fully saturated rings. The minimum absolute atomic E-state index is 0.0482. The number of benzene rings is 1. The van der Waals surface area contributed by atoms with E-state index in [4.69, 9.17) is 15.2 Å². The molecule has 0 radical (unpaired) electrons. The first-order valence-electron chi connectivity index (χ1n) is 24.7. The third kappa shape index (κ3) is 8.63. The average Bonchev–Trinajstić information content (AvgIpc) is 4.01. The Hall–Kier alpha value is -4.33. The molecule has 1 aromatic rings. The lowest BCUT2D eigenvalue weighted by Crippen LogP contribution is -2.52. The number of hydrogen-bond donors (Lipinski definition) is 7. The van der Waals surface area contributed by atoms with Crippen molar-refractivity contribution in [3.8, 4) is 0 Å². The van der Waals surface area contributed by atoms with Crippen molar-refractivity contribution in [3.05, 3.63) is 105 Å². The number of cyclic esters (lactones) is 1. The molecule has 4 bridgehead atoms. The summed E-state index contributed by atoms with van der Waals surface area (Å²) in [4.78, 5) is 45.9. The van der Waals surface area contributed by atoms with E-state index in [1.54, 1.807) is 6.07 Å². The van der Waals surface area contributed by atoms with E-state index in [0.29, 0.717) is 36.2 Å². The highest BCUT2D eigenvalue weighted by Crippen LogP contribution is 2.60. The second-order valence-corrected chi connectivity index (χ2v) is 20.7. The maximum Gasteiger partial charge on any atom is 0.350 e. The van der Waals surface area contributed by atoms with Crippen LogP contribution in [0.3, 0.4) is 0 Å². The molecule has 10 unspecified atom stereocenters. The fraction of sp³-hybridized carbons (Fsp3) is 0.604. The van der Waals surface area contributed by atoms with Gasteiger partial charge in [-0.25, -0.2) is 4.79 Å². The summed E-state index contributed by atoms with van der Waals surface area (Å²) in [5.41, 5.74) is 8.37. The van der Waals surface area contributed by atoms with Crippen LogP contribution < -0.4 is 32.3 Å². The largest absolute Gasteiger partial charge is 0.463 e. The zero-order valence-electron chi connectivity index (χ0n) is 39.0. The van der Waals surface area contributed by atoms with Gasteiger partial charge in [-0.05, 0) is 148 Å². The number of ether oxygens (including phenoxy) is 2. The topological polar surface area (TPSA) is 179 Å². The molecule has 1 saturated carbocycles. The van der Waals surface area contributed by atoms with Crippen LogP contribution >= 0.6 is 0 Å².